The van der Waals surface area contributed by atoms with Crippen molar-refractivity contribution in [2.45, 2.75) is 290 Å². The molecule has 0 rings (SSSR count). The lowest BCUT2D eigenvalue weighted by atomic mass is 10.0. The van der Waals surface area contributed by atoms with Crippen molar-refractivity contribution in [3.63, 3.8) is 0 Å². The molecule has 0 aromatic carbocycles. The standard InChI is InChI=1S/C58H104O6/c1-4-7-10-13-16-19-22-24-26-28-30-31-33-36-39-42-45-48-51-57(60)63-54-55(53-62-56(59)50-47-44-41-38-35-21-18-15-12-9-6-3)64-58(61)52-49-46-43-40-37-34-32-29-27-25-23-20-17-14-11-8-5-2/h9,12,18,21,25,27,38,41,55H,4-8,10-11,13-17,19-20,22-24,26,28-37,39-40,42-54H2,1-3H3/b12-9-,21-18-,27-25-,41-38-. The van der Waals surface area contributed by atoms with E-state index in [9.17, 15) is 14.4 Å². The molecule has 0 spiro atoms. The van der Waals surface area contributed by atoms with Crippen LogP contribution in [0.2, 0.25) is 0 Å². The SMILES string of the molecule is CC/C=C\C/C=C\C/C=C\CCCC(=O)OCC(COC(=O)CCCCCCCCCCCCCCCCCCCC)OC(=O)CCCCCCCCC/C=C\CCCCCCCC. The third-order valence-corrected chi connectivity index (χ3v) is 12.1. The van der Waals surface area contributed by atoms with Crippen molar-refractivity contribution in [1.29, 1.82) is 0 Å². The van der Waals surface area contributed by atoms with E-state index in [-0.39, 0.29) is 37.5 Å². The Hall–Kier alpha value is -2.63. The molecule has 0 radical (unpaired) electrons. The molecule has 1 unspecified atom stereocenters. The first-order chi connectivity index (χ1) is 31.5. The van der Waals surface area contributed by atoms with Gasteiger partial charge in [-0.25, -0.2) is 0 Å². The van der Waals surface area contributed by atoms with Gasteiger partial charge in [0.2, 0.25) is 0 Å². The number of ether oxygens (including phenoxy) is 3. The van der Waals surface area contributed by atoms with Crippen molar-refractivity contribution in [2.75, 3.05) is 13.2 Å². The fourth-order valence-corrected chi connectivity index (χ4v) is 7.93. The van der Waals surface area contributed by atoms with E-state index in [4.69, 9.17) is 14.2 Å². The molecule has 0 aliphatic rings. The Morgan fingerprint density at radius 1 is 0.328 bits per heavy atom. The highest BCUT2D eigenvalue weighted by Crippen LogP contribution is 2.16. The van der Waals surface area contributed by atoms with Crippen molar-refractivity contribution in [3.8, 4) is 0 Å². The maximum absolute atomic E-state index is 12.8. The summed E-state index contributed by atoms with van der Waals surface area (Å²) in [5.41, 5.74) is 0. The molecule has 0 amide bonds. The average Bonchev–Trinajstić information content (AvgIpc) is 3.29. The Labute approximate surface area is 397 Å². The molecule has 372 valence electrons. The summed E-state index contributed by atoms with van der Waals surface area (Å²) in [7, 11) is 0. The van der Waals surface area contributed by atoms with Crippen LogP contribution in [0.4, 0.5) is 0 Å². The molecular formula is C58H104O6. The van der Waals surface area contributed by atoms with E-state index in [1.807, 2.05) is 0 Å². The summed E-state index contributed by atoms with van der Waals surface area (Å²) in [6.45, 7) is 6.50. The Bertz CT molecular complexity index is 1120. The lowest BCUT2D eigenvalue weighted by Crippen LogP contribution is -2.30. The molecule has 0 bridgehead atoms. The Kier molecular flexibility index (Phi) is 50.8. The topological polar surface area (TPSA) is 78.9 Å². The van der Waals surface area contributed by atoms with Crippen LogP contribution in [0, 0.1) is 0 Å². The van der Waals surface area contributed by atoms with Gasteiger partial charge in [0.05, 0.1) is 0 Å². The van der Waals surface area contributed by atoms with Gasteiger partial charge in [-0.1, -0.05) is 243 Å². The number of hydrogen-bond donors (Lipinski definition) is 0. The predicted octanol–water partition coefficient (Wildman–Crippen LogP) is 18.3. The van der Waals surface area contributed by atoms with Crippen LogP contribution in [0.15, 0.2) is 48.6 Å². The molecule has 0 saturated heterocycles. The van der Waals surface area contributed by atoms with E-state index in [1.165, 1.54) is 173 Å². The normalized spacial score (nSPS) is 12.4. The first kappa shape index (κ1) is 61.4. The highest BCUT2D eigenvalue weighted by atomic mass is 16.6. The quantitative estimate of drug-likeness (QED) is 0.0262. The van der Waals surface area contributed by atoms with Crippen molar-refractivity contribution >= 4 is 17.9 Å². The Balaban J connectivity index is 4.34. The van der Waals surface area contributed by atoms with Gasteiger partial charge in [0, 0.05) is 19.3 Å². The maximum Gasteiger partial charge on any atom is 0.306 e. The van der Waals surface area contributed by atoms with Crippen molar-refractivity contribution in [2.24, 2.45) is 0 Å². The highest BCUT2D eigenvalue weighted by molar-refractivity contribution is 5.71. The van der Waals surface area contributed by atoms with Crippen LogP contribution in [0.1, 0.15) is 284 Å². The fraction of sp³-hybridized carbons (Fsp3) is 0.810. The van der Waals surface area contributed by atoms with Gasteiger partial charge in [-0.05, 0) is 70.6 Å². The minimum atomic E-state index is -0.792. The van der Waals surface area contributed by atoms with Gasteiger partial charge in [-0.15, -0.1) is 0 Å². The molecule has 0 aliphatic heterocycles. The largest absolute Gasteiger partial charge is 0.462 e. The molecule has 0 aromatic rings. The molecule has 0 aromatic heterocycles. The van der Waals surface area contributed by atoms with E-state index >= 15 is 0 Å². The molecule has 6 nitrogen and oxygen atoms in total. The molecule has 0 heterocycles. The van der Waals surface area contributed by atoms with Gasteiger partial charge in [0.1, 0.15) is 13.2 Å². The molecular weight excluding hydrogens is 793 g/mol. The number of unbranched alkanes of at least 4 members (excludes halogenated alkanes) is 31. The molecule has 64 heavy (non-hydrogen) atoms. The van der Waals surface area contributed by atoms with Crippen LogP contribution in [0.5, 0.6) is 0 Å². The second-order valence-corrected chi connectivity index (χ2v) is 18.5. The van der Waals surface area contributed by atoms with Gasteiger partial charge in [-0.3, -0.25) is 14.4 Å². The van der Waals surface area contributed by atoms with Crippen LogP contribution in [-0.2, 0) is 28.6 Å². The molecule has 6 heteroatoms. The molecule has 0 saturated carbocycles. The molecule has 0 fully saturated rings. The molecule has 0 N–H and O–H groups in total. The maximum atomic E-state index is 12.8. The van der Waals surface area contributed by atoms with Crippen LogP contribution in [0.25, 0.3) is 0 Å². The lowest BCUT2D eigenvalue weighted by molar-refractivity contribution is -0.167. The van der Waals surface area contributed by atoms with E-state index < -0.39 is 6.10 Å². The smallest absolute Gasteiger partial charge is 0.306 e. The number of esters is 3. The van der Waals surface area contributed by atoms with E-state index in [2.05, 4.69) is 69.4 Å². The number of carbonyl (C=O) groups excluding carboxylic acids is 3. The second kappa shape index (κ2) is 53.0. The monoisotopic (exact) mass is 897 g/mol. The van der Waals surface area contributed by atoms with E-state index in [0.29, 0.717) is 19.3 Å². The van der Waals surface area contributed by atoms with Gasteiger partial charge in [0.25, 0.3) is 0 Å². The average molecular weight is 897 g/mol. The third kappa shape index (κ3) is 50.4. The van der Waals surface area contributed by atoms with Gasteiger partial charge >= 0.3 is 17.9 Å². The number of hydrogen-bond acceptors (Lipinski definition) is 6. The molecule has 1 atom stereocenters. The van der Waals surface area contributed by atoms with Crippen LogP contribution < -0.4 is 0 Å². The summed E-state index contributed by atoms with van der Waals surface area (Å²) in [6.07, 6.45) is 64.0. The first-order valence-electron chi connectivity index (χ1n) is 27.6. The zero-order valence-corrected chi connectivity index (χ0v) is 42.6. The number of allylic oxidation sites excluding steroid dienone is 8. The van der Waals surface area contributed by atoms with Crippen LogP contribution >= 0.6 is 0 Å². The van der Waals surface area contributed by atoms with Crippen molar-refractivity contribution < 1.29 is 28.6 Å². The van der Waals surface area contributed by atoms with E-state index in [0.717, 1.165) is 64.2 Å². The summed E-state index contributed by atoms with van der Waals surface area (Å²) in [5.74, 6) is -0.938. The van der Waals surface area contributed by atoms with E-state index in [1.54, 1.807) is 0 Å². The number of carbonyl (C=O) groups is 3. The summed E-state index contributed by atoms with van der Waals surface area (Å²) in [4.78, 5) is 38.0. The van der Waals surface area contributed by atoms with Gasteiger partial charge < -0.3 is 14.2 Å². The highest BCUT2D eigenvalue weighted by Gasteiger charge is 2.19. The minimum absolute atomic E-state index is 0.0877. The summed E-state index contributed by atoms with van der Waals surface area (Å²) in [6, 6.07) is 0. The third-order valence-electron chi connectivity index (χ3n) is 12.1. The second-order valence-electron chi connectivity index (χ2n) is 18.5. The zero-order valence-electron chi connectivity index (χ0n) is 42.6. The van der Waals surface area contributed by atoms with Crippen LogP contribution in [-0.4, -0.2) is 37.2 Å². The first-order valence-corrected chi connectivity index (χ1v) is 27.6. The summed E-state index contributed by atoms with van der Waals surface area (Å²) < 4.78 is 16.8. The van der Waals surface area contributed by atoms with Crippen LogP contribution in [0.3, 0.4) is 0 Å². The summed E-state index contributed by atoms with van der Waals surface area (Å²) in [5, 5.41) is 0. The summed E-state index contributed by atoms with van der Waals surface area (Å²) >= 11 is 0. The lowest BCUT2D eigenvalue weighted by Gasteiger charge is -2.18. The van der Waals surface area contributed by atoms with Crippen molar-refractivity contribution in [1.82, 2.24) is 0 Å². The number of rotatable bonds is 50. The van der Waals surface area contributed by atoms with Gasteiger partial charge in [-0.2, -0.15) is 0 Å². The van der Waals surface area contributed by atoms with Gasteiger partial charge in [0.15, 0.2) is 6.10 Å². The molecule has 0 aliphatic carbocycles. The zero-order chi connectivity index (χ0) is 46.5. The van der Waals surface area contributed by atoms with Crippen molar-refractivity contribution in [3.05, 3.63) is 48.6 Å². The Morgan fingerprint density at radius 2 is 0.625 bits per heavy atom. The predicted molar refractivity (Wildman–Crippen MR) is 275 cm³/mol. The Morgan fingerprint density at radius 3 is 1.03 bits per heavy atom. The fourth-order valence-electron chi connectivity index (χ4n) is 7.93. The minimum Gasteiger partial charge on any atom is -0.462 e.